The van der Waals surface area contributed by atoms with Crippen LogP contribution in [0.25, 0.3) is 0 Å². The van der Waals surface area contributed by atoms with Gasteiger partial charge in [-0.05, 0) is 19.4 Å². The maximum atomic E-state index is 12.6. The van der Waals surface area contributed by atoms with E-state index in [1.807, 2.05) is 0 Å². The summed E-state index contributed by atoms with van der Waals surface area (Å²) in [5, 5.41) is 0. The third-order valence-electron chi connectivity index (χ3n) is 2.87. The van der Waals surface area contributed by atoms with Crippen LogP contribution in [0, 0.1) is 0 Å². The zero-order valence-electron chi connectivity index (χ0n) is 9.84. The highest BCUT2D eigenvalue weighted by atomic mass is 35.5. The maximum Gasteiger partial charge on any atom is 0.319 e. The van der Waals surface area contributed by atoms with E-state index >= 15 is 0 Å². The van der Waals surface area contributed by atoms with Crippen molar-refractivity contribution < 1.29 is 8.78 Å². The number of likely N-dealkylation sites (tertiary alicyclic amines) is 1. The van der Waals surface area contributed by atoms with Gasteiger partial charge < -0.3 is 5.73 Å². The van der Waals surface area contributed by atoms with Crippen LogP contribution < -0.4 is 5.73 Å². The Morgan fingerprint density at radius 3 is 2.78 bits per heavy atom. The highest BCUT2D eigenvalue weighted by molar-refractivity contribution is 5.85. The summed E-state index contributed by atoms with van der Waals surface area (Å²) < 4.78 is 26.0. The number of piperidine rings is 1. The monoisotopic (exact) mass is 302 g/mol. The lowest BCUT2D eigenvalue weighted by atomic mass is 10.1. The van der Waals surface area contributed by atoms with Gasteiger partial charge in [0.1, 0.15) is 5.82 Å². The van der Waals surface area contributed by atoms with E-state index < -0.39 is 6.55 Å². The first kappa shape index (κ1) is 17.6. The molecule has 0 aromatic carbocycles. The highest BCUT2D eigenvalue weighted by Gasteiger charge is 2.19. The van der Waals surface area contributed by atoms with E-state index in [-0.39, 0.29) is 30.9 Å². The number of hydrogen-bond acceptors (Lipinski definition) is 3. The van der Waals surface area contributed by atoms with E-state index in [1.54, 1.807) is 0 Å². The average Bonchev–Trinajstić information content (AvgIpc) is 2.66. The summed E-state index contributed by atoms with van der Waals surface area (Å²) >= 11 is 0. The molecular formula is C10H18Cl2F2N4. The Kier molecular flexibility index (Phi) is 7.70. The Balaban J connectivity index is 0.00000144. The predicted molar refractivity (Wildman–Crippen MR) is 70.5 cm³/mol. The van der Waals surface area contributed by atoms with Crippen LogP contribution in [0.4, 0.5) is 8.78 Å². The molecule has 2 heterocycles. The summed E-state index contributed by atoms with van der Waals surface area (Å²) in [5.74, 6) is 0.407. The van der Waals surface area contributed by atoms with Crippen molar-refractivity contribution in [1.29, 1.82) is 0 Å². The zero-order chi connectivity index (χ0) is 11.5. The SMILES string of the molecule is Cl.Cl.N[C@@H]1CCCN(Cc2nccn2C(F)F)C1. The largest absolute Gasteiger partial charge is 0.327 e. The van der Waals surface area contributed by atoms with Gasteiger partial charge in [-0.1, -0.05) is 0 Å². The minimum absolute atomic E-state index is 0. The second-order valence-electron chi connectivity index (χ2n) is 4.17. The minimum atomic E-state index is -2.52. The van der Waals surface area contributed by atoms with Gasteiger partial charge in [0.05, 0.1) is 6.54 Å². The standard InChI is InChI=1S/C10H16F2N4.2ClH/c11-10(12)16-5-3-14-9(16)7-15-4-1-2-8(13)6-15;;/h3,5,8,10H,1-2,4,6-7,13H2;2*1H/t8-;;/m1../s1. The fraction of sp³-hybridized carbons (Fsp3) is 0.700. The molecule has 1 saturated heterocycles. The molecule has 0 bridgehead atoms. The Morgan fingerprint density at radius 1 is 1.44 bits per heavy atom. The number of imidazole rings is 1. The van der Waals surface area contributed by atoms with Crippen molar-refractivity contribution in [3.63, 3.8) is 0 Å². The minimum Gasteiger partial charge on any atom is -0.327 e. The van der Waals surface area contributed by atoms with Crippen molar-refractivity contribution in [3.8, 4) is 0 Å². The highest BCUT2D eigenvalue weighted by Crippen LogP contribution is 2.16. The van der Waals surface area contributed by atoms with Crippen LogP contribution in [-0.2, 0) is 6.54 Å². The lowest BCUT2D eigenvalue weighted by Gasteiger charge is -2.30. The molecule has 1 aliphatic heterocycles. The fourth-order valence-corrected chi connectivity index (χ4v) is 2.08. The van der Waals surface area contributed by atoms with Crippen molar-refractivity contribution in [2.45, 2.75) is 32.0 Å². The summed E-state index contributed by atoms with van der Waals surface area (Å²) in [6, 6.07) is 0.156. The van der Waals surface area contributed by atoms with Crippen molar-refractivity contribution in [1.82, 2.24) is 14.5 Å². The van der Waals surface area contributed by atoms with E-state index in [1.165, 1.54) is 12.4 Å². The van der Waals surface area contributed by atoms with E-state index in [2.05, 4.69) is 9.88 Å². The molecule has 1 aromatic rings. The van der Waals surface area contributed by atoms with Crippen molar-refractivity contribution in [2.24, 2.45) is 5.73 Å². The van der Waals surface area contributed by atoms with Gasteiger partial charge in [-0.25, -0.2) is 4.98 Å². The van der Waals surface area contributed by atoms with Gasteiger partial charge in [0, 0.05) is 25.0 Å². The smallest absolute Gasteiger partial charge is 0.319 e. The second kappa shape index (κ2) is 7.89. The number of nitrogens with two attached hydrogens (primary N) is 1. The molecule has 0 unspecified atom stereocenters. The van der Waals surface area contributed by atoms with Gasteiger partial charge >= 0.3 is 6.55 Å². The van der Waals surface area contributed by atoms with Crippen molar-refractivity contribution >= 4 is 24.8 Å². The topological polar surface area (TPSA) is 47.1 Å². The van der Waals surface area contributed by atoms with Gasteiger partial charge in [-0.2, -0.15) is 8.78 Å². The molecule has 2 rings (SSSR count). The molecular weight excluding hydrogens is 285 g/mol. The zero-order valence-corrected chi connectivity index (χ0v) is 11.5. The van der Waals surface area contributed by atoms with Gasteiger partial charge in [0.15, 0.2) is 0 Å². The number of nitrogens with zero attached hydrogens (tertiary/aromatic N) is 3. The van der Waals surface area contributed by atoms with Crippen LogP contribution in [0.2, 0.25) is 0 Å². The molecule has 0 spiro atoms. The number of alkyl halides is 2. The van der Waals surface area contributed by atoms with Crippen molar-refractivity contribution in [3.05, 3.63) is 18.2 Å². The van der Waals surface area contributed by atoms with Gasteiger partial charge in [0.2, 0.25) is 0 Å². The Hall–Kier alpha value is -0.430. The summed E-state index contributed by atoms with van der Waals surface area (Å²) in [5.41, 5.74) is 5.83. The lowest BCUT2D eigenvalue weighted by Crippen LogP contribution is -2.42. The third-order valence-corrected chi connectivity index (χ3v) is 2.87. The third kappa shape index (κ3) is 4.35. The molecule has 0 saturated carbocycles. The van der Waals surface area contributed by atoms with Crippen LogP contribution in [0.3, 0.4) is 0 Å². The fourth-order valence-electron chi connectivity index (χ4n) is 2.08. The molecule has 18 heavy (non-hydrogen) atoms. The molecule has 8 heteroatoms. The molecule has 1 atom stereocenters. The molecule has 1 aromatic heterocycles. The lowest BCUT2D eigenvalue weighted by molar-refractivity contribution is 0.0628. The van der Waals surface area contributed by atoms with E-state index in [0.29, 0.717) is 12.4 Å². The number of aromatic nitrogens is 2. The normalized spacial score (nSPS) is 20.3. The second-order valence-corrected chi connectivity index (χ2v) is 4.17. The van der Waals surface area contributed by atoms with Crippen LogP contribution in [0.1, 0.15) is 25.2 Å². The molecule has 0 radical (unpaired) electrons. The first-order valence-corrected chi connectivity index (χ1v) is 5.44. The Bertz CT molecular complexity index is 348. The van der Waals surface area contributed by atoms with Gasteiger partial charge in [0.25, 0.3) is 0 Å². The maximum absolute atomic E-state index is 12.6. The van der Waals surface area contributed by atoms with Crippen LogP contribution >= 0.6 is 24.8 Å². The van der Waals surface area contributed by atoms with Crippen LogP contribution in [-0.4, -0.2) is 33.6 Å². The molecule has 4 nitrogen and oxygen atoms in total. The van der Waals surface area contributed by atoms with Crippen LogP contribution in [0.5, 0.6) is 0 Å². The molecule has 106 valence electrons. The quantitative estimate of drug-likeness (QED) is 0.929. The predicted octanol–water partition coefficient (Wildman–Crippen LogP) is 2.04. The molecule has 1 fully saturated rings. The van der Waals surface area contributed by atoms with Crippen molar-refractivity contribution in [2.75, 3.05) is 13.1 Å². The van der Waals surface area contributed by atoms with E-state index in [0.717, 1.165) is 30.5 Å². The molecule has 2 N–H and O–H groups in total. The first-order valence-electron chi connectivity index (χ1n) is 5.44. The first-order chi connectivity index (χ1) is 7.66. The summed E-state index contributed by atoms with van der Waals surface area (Å²) in [6.45, 7) is -0.402. The number of hydrogen-bond donors (Lipinski definition) is 1. The van der Waals surface area contributed by atoms with E-state index in [4.69, 9.17) is 5.73 Å². The Morgan fingerprint density at radius 2 is 2.17 bits per heavy atom. The number of rotatable bonds is 3. The van der Waals surface area contributed by atoms with Gasteiger partial charge in [-0.3, -0.25) is 9.47 Å². The van der Waals surface area contributed by atoms with Crippen LogP contribution in [0.15, 0.2) is 12.4 Å². The summed E-state index contributed by atoms with van der Waals surface area (Å²) in [7, 11) is 0. The molecule has 0 aliphatic carbocycles. The summed E-state index contributed by atoms with van der Waals surface area (Å²) in [4.78, 5) is 6.04. The number of halogens is 4. The van der Waals surface area contributed by atoms with Gasteiger partial charge in [-0.15, -0.1) is 24.8 Å². The van der Waals surface area contributed by atoms with E-state index in [9.17, 15) is 8.78 Å². The molecule has 0 amide bonds. The Labute approximate surface area is 117 Å². The summed E-state index contributed by atoms with van der Waals surface area (Å²) in [6.07, 6.45) is 4.76. The molecule has 1 aliphatic rings. The average molecular weight is 303 g/mol.